The third-order valence-corrected chi connectivity index (χ3v) is 5.85. The van der Waals surface area contributed by atoms with Gasteiger partial charge in [0, 0.05) is 31.0 Å². The Morgan fingerprint density at radius 3 is 2.63 bits per heavy atom. The summed E-state index contributed by atoms with van der Waals surface area (Å²) in [5, 5.41) is 7.62. The summed E-state index contributed by atoms with van der Waals surface area (Å²) in [6.45, 7) is 2.23. The number of carbonyl (C=O) groups excluding carboxylic acids is 1. The Morgan fingerprint density at radius 2 is 1.93 bits per heavy atom. The Kier molecular flexibility index (Phi) is 3.65. The Morgan fingerprint density at radius 1 is 1.11 bits per heavy atom. The van der Waals surface area contributed by atoms with Gasteiger partial charge in [0.2, 0.25) is 5.91 Å². The highest BCUT2D eigenvalue weighted by atomic mass is 16.2. The number of fused-ring (bicyclic) bond motifs is 2. The maximum absolute atomic E-state index is 13.4. The third-order valence-electron chi connectivity index (χ3n) is 5.85. The van der Waals surface area contributed by atoms with Gasteiger partial charge in [0.05, 0.1) is 18.2 Å². The lowest BCUT2D eigenvalue weighted by molar-refractivity contribution is -0.122. The maximum Gasteiger partial charge on any atom is 0.239 e. The van der Waals surface area contributed by atoms with Crippen LogP contribution in [0.3, 0.4) is 0 Å². The van der Waals surface area contributed by atoms with Crippen molar-refractivity contribution in [2.75, 3.05) is 18.0 Å². The number of benzene rings is 2. The summed E-state index contributed by atoms with van der Waals surface area (Å²) in [5.41, 5.74) is 5.22. The van der Waals surface area contributed by atoms with Crippen LogP contribution in [-0.4, -0.2) is 28.8 Å². The number of amides is 1. The predicted molar refractivity (Wildman–Crippen MR) is 105 cm³/mol. The van der Waals surface area contributed by atoms with E-state index in [1.807, 2.05) is 36.5 Å². The summed E-state index contributed by atoms with van der Waals surface area (Å²) in [5.74, 6) is 0.227. The van der Waals surface area contributed by atoms with Crippen LogP contribution >= 0.6 is 0 Å². The van der Waals surface area contributed by atoms with E-state index in [-0.39, 0.29) is 11.3 Å². The van der Waals surface area contributed by atoms with Gasteiger partial charge >= 0.3 is 0 Å². The zero-order chi connectivity index (χ0) is 18.4. The zero-order valence-electron chi connectivity index (χ0n) is 15.4. The number of rotatable bonds is 3. The molecule has 1 amide bonds. The maximum atomic E-state index is 13.4. The minimum Gasteiger partial charge on any atom is -0.315 e. The van der Waals surface area contributed by atoms with Gasteiger partial charge in [-0.3, -0.25) is 9.48 Å². The first-order chi connectivity index (χ1) is 13.2. The average Bonchev–Trinajstić information content (AvgIpc) is 3.40. The molecule has 1 spiro atoms. The standard InChI is InChI=1S/C22H22N4O/c1-25-14-18(12-24-25)17-8-6-16(7-9-17)13-26-20-5-3-2-4-19(20)22(21(26)27)10-11-23-15-22/h2-9,12,14,23H,10-11,13,15H2,1H3. The Hall–Kier alpha value is -2.92. The first-order valence-corrected chi connectivity index (χ1v) is 9.38. The van der Waals surface area contributed by atoms with E-state index in [1.165, 1.54) is 5.56 Å². The van der Waals surface area contributed by atoms with Crippen LogP contribution in [0.15, 0.2) is 60.9 Å². The molecule has 2 aliphatic rings. The highest BCUT2D eigenvalue weighted by Crippen LogP contribution is 2.45. The van der Waals surface area contributed by atoms with E-state index in [1.54, 1.807) is 4.68 Å². The number of aryl methyl sites for hydroxylation is 1. The molecule has 2 aromatic carbocycles. The Balaban J connectivity index is 1.45. The second-order valence-corrected chi connectivity index (χ2v) is 7.52. The molecule has 27 heavy (non-hydrogen) atoms. The van der Waals surface area contributed by atoms with Gasteiger partial charge in [-0.1, -0.05) is 42.5 Å². The van der Waals surface area contributed by atoms with Crippen molar-refractivity contribution in [3.63, 3.8) is 0 Å². The number of aromatic nitrogens is 2. The lowest BCUT2D eigenvalue weighted by Crippen LogP contribution is -2.41. The van der Waals surface area contributed by atoms with Gasteiger partial charge in [-0.05, 0) is 35.7 Å². The van der Waals surface area contributed by atoms with E-state index in [0.29, 0.717) is 6.54 Å². The second-order valence-electron chi connectivity index (χ2n) is 7.52. The predicted octanol–water partition coefficient (Wildman–Crippen LogP) is 2.87. The van der Waals surface area contributed by atoms with Crippen molar-refractivity contribution in [3.8, 4) is 11.1 Å². The number of carbonyl (C=O) groups is 1. The van der Waals surface area contributed by atoms with Crippen molar-refractivity contribution in [1.29, 1.82) is 0 Å². The molecule has 1 aromatic heterocycles. The van der Waals surface area contributed by atoms with Gasteiger partial charge in [0.15, 0.2) is 0 Å². The molecule has 3 heterocycles. The van der Waals surface area contributed by atoms with Crippen molar-refractivity contribution < 1.29 is 4.79 Å². The average molecular weight is 358 g/mol. The van der Waals surface area contributed by atoms with Crippen LogP contribution in [0.1, 0.15) is 17.5 Å². The lowest BCUT2D eigenvalue weighted by Gasteiger charge is -2.23. The minimum absolute atomic E-state index is 0.227. The summed E-state index contributed by atoms with van der Waals surface area (Å²) in [6.07, 6.45) is 4.75. The summed E-state index contributed by atoms with van der Waals surface area (Å²) >= 11 is 0. The zero-order valence-corrected chi connectivity index (χ0v) is 15.4. The van der Waals surface area contributed by atoms with E-state index < -0.39 is 0 Å². The SMILES string of the molecule is Cn1cc(-c2ccc(CN3C(=O)C4(CCNC4)c4ccccc43)cc2)cn1. The van der Waals surface area contributed by atoms with Crippen LogP contribution in [0.25, 0.3) is 11.1 Å². The van der Waals surface area contributed by atoms with E-state index >= 15 is 0 Å². The number of anilines is 1. The first kappa shape index (κ1) is 16.3. The van der Waals surface area contributed by atoms with Gasteiger partial charge in [0.1, 0.15) is 0 Å². The van der Waals surface area contributed by atoms with Gasteiger partial charge in [-0.2, -0.15) is 5.10 Å². The fraction of sp³-hybridized carbons (Fsp3) is 0.273. The fourth-order valence-electron chi connectivity index (χ4n) is 4.41. The van der Waals surface area contributed by atoms with Crippen LogP contribution in [0, 0.1) is 0 Å². The number of hydrogen-bond acceptors (Lipinski definition) is 3. The van der Waals surface area contributed by atoms with Gasteiger partial charge in [-0.15, -0.1) is 0 Å². The monoisotopic (exact) mass is 358 g/mol. The van der Waals surface area contributed by atoms with Gasteiger partial charge in [-0.25, -0.2) is 0 Å². The molecule has 5 heteroatoms. The molecule has 3 aromatic rings. The number of nitrogens with zero attached hydrogens (tertiary/aromatic N) is 3. The number of para-hydroxylation sites is 1. The van der Waals surface area contributed by atoms with Crippen LogP contribution in [0.2, 0.25) is 0 Å². The van der Waals surface area contributed by atoms with E-state index in [9.17, 15) is 4.79 Å². The Labute approximate surface area is 158 Å². The molecule has 1 fully saturated rings. The Bertz CT molecular complexity index is 999. The minimum atomic E-state index is -0.383. The third kappa shape index (κ3) is 2.50. The molecule has 1 unspecified atom stereocenters. The summed E-state index contributed by atoms with van der Waals surface area (Å²) in [7, 11) is 1.92. The molecule has 2 aliphatic heterocycles. The van der Waals surface area contributed by atoms with Crippen LogP contribution in [-0.2, 0) is 23.8 Å². The molecule has 0 saturated carbocycles. The van der Waals surface area contributed by atoms with Gasteiger partial charge < -0.3 is 10.2 Å². The lowest BCUT2D eigenvalue weighted by atomic mass is 9.81. The first-order valence-electron chi connectivity index (χ1n) is 9.38. The molecular formula is C22H22N4O. The van der Waals surface area contributed by atoms with Crippen molar-refractivity contribution in [2.24, 2.45) is 7.05 Å². The molecule has 1 atom stereocenters. The molecule has 136 valence electrons. The summed E-state index contributed by atoms with van der Waals surface area (Å²) in [4.78, 5) is 15.3. The van der Waals surface area contributed by atoms with Crippen molar-refractivity contribution in [2.45, 2.75) is 18.4 Å². The van der Waals surface area contributed by atoms with Crippen molar-refractivity contribution in [3.05, 3.63) is 72.1 Å². The van der Waals surface area contributed by atoms with Gasteiger partial charge in [0.25, 0.3) is 0 Å². The molecular weight excluding hydrogens is 336 g/mol. The number of hydrogen-bond donors (Lipinski definition) is 1. The topological polar surface area (TPSA) is 50.2 Å². The van der Waals surface area contributed by atoms with E-state index in [2.05, 4.69) is 46.8 Å². The molecule has 0 bridgehead atoms. The summed E-state index contributed by atoms with van der Waals surface area (Å²) < 4.78 is 1.80. The summed E-state index contributed by atoms with van der Waals surface area (Å²) in [6, 6.07) is 16.7. The van der Waals surface area contributed by atoms with Crippen LogP contribution in [0.5, 0.6) is 0 Å². The molecule has 5 nitrogen and oxygen atoms in total. The molecule has 1 saturated heterocycles. The molecule has 0 radical (unpaired) electrons. The smallest absolute Gasteiger partial charge is 0.239 e. The highest BCUT2D eigenvalue weighted by molar-refractivity contribution is 6.08. The molecule has 5 rings (SSSR count). The van der Waals surface area contributed by atoms with Crippen molar-refractivity contribution in [1.82, 2.24) is 15.1 Å². The molecule has 1 N–H and O–H groups in total. The quantitative estimate of drug-likeness (QED) is 0.783. The second kappa shape index (κ2) is 6.06. The van der Waals surface area contributed by atoms with Crippen molar-refractivity contribution >= 4 is 11.6 Å². The van der Waals surface area contributed by atoms with Crippen LogP contribution in [0.4, 0.5) is 5.69 Å². The highest BCUT2D eigenvalue weighted by Gasteiger charge is 2.52. The normalized spacial score (nSPS) is 21.2. The van der Waals surface area contributed by atoms with E-state index in [4.69, 9.17) is 0 Å². The fourth-order valence-corrected chi connectivity index (χ4v) is 4.41. The largest absolute Gasteiger partial charge is 0.315 e. The van der Waals surface area contributed by atoms with E-state index in [0.717, 1.165) is 41.9 Å². The number of nitrogens with one attached hydrogen (secondary N) is 1. The molecule has 0 aliphatic carbocycles. The van der Waals surface area contributed by atoms with Crippen LogP contribution < -0.4 is 10.2 Å².